The van der Waals surface area contributed by atoms with E-state index in [1.54, 1.807) is 0 Å². The van der Waals surface area contributed by atoms with Gasteiger partial charge in [0.1, 0.15) is 12.4 Å². The third-order valence-corrected chi connectivity index (χ3v) is 2.92. The van der Waals surface area contributed by atoms with Gasteiger partial charge in [0.05, 0.1) is 0 Å². The molecule has 1 aromatic carbocycles. The van der Waals surface area contributed by atoms with Crippen LogP contribution in [0.1, 0.15) is 26.3 Å². The molecule has 17 heavy (non-hydrogen) atoms. The molecule has 92 valence electrons. The summed E-state index contributed by atoms with van der Waals surface area (Å²) in [5.41, 5.74) is 1.25. The predicted molar refractivity (Wildman–Crippen MR) is 75.1 cm³/mol. The Kier molecular flexibility index (Phi) is 5.04. The topological polar surface area (TPSA) is 21.3 Å². The highest BCUT2D eigenvalue weighted by molar-refractivity contribution is 9.10. The average Bonchev–Trinajstić information content (AvgIpc) is 2.25. The first-order chi connectivity index (χ1) is 7.92. The number of ether oxygens (including phenoxy) is 1. The first-order valence-corrected chi connectivity index (χ1v) is 6.31. The van der Waals surface area contributed by atoms with Crippen molar-refractivity contribution >= 4 is 15.9 Å². The van der Waals surface area contributed by atoms with Crippen LogP contribution in [0.5, 0.6) is 5.75 Å². The molecule has 0 unspecified atom stereocenters. The van der Waals surface area contributed by atoms with Crippen molar-refractivity contribution in [3.8, 4) is 18.1 Å². The first-order valence-electron chi connectivity index (χ1n) is 5.52. The Hall–Kier alpha value is -0.980. The molecule has 0 atom stereocenters. The molecule has 2 nitrogen and oxygen atoms in total. The number of halogens is 1. The molecule has 1 N–H and O–H groups in total. The smallest absolute Gasteiger partial charge is 0.148 e. The fourth-order valence-corrected chi connectivity index (χ4v) is 1.65. The van der Waals surface area contributed by atoms with E-state index in [4.69, 9.17) is 11.2 Å². The monoisotopic (exact) mass is 295 g/mol. The third-order valence-electron chi connectivity index (χ3n) is 2.15. The molecule has 0 saturated carbocycles. The lowest BCUT2D eigenvalue weighted by Gasteiger charge is -2.21. The summed E-state index contributed by atoms with van der Waals surface area (Å²) in [5.74, 6) is 3.26. The highest BCUT2D eigenvalue weighted by Gasteiger charge is 2.10. The minimum atomic E-state index is 0.0924. The number of benzene rings is 1. The lowest BCUT2D eigenvalue weighted by Crippen LogP contribution is -2.35. The molecule has 0 aliphatic rings. The summed E-state index contributed by atoms with van der Waals surface area (Å²) in [6.07, 6.45) is 5.16. The van der Waals surface area contributed by atoms with Gasteiger partial charge in [-0.3, -0.25) is 0 Å². The summed E-state index contributed by atoms with van der Waals surface area (Å²) in [6.45, 7) is 7.50. The van der Waals surface area contributed by atoms with Gasteiger partial charge in [-0.2, -0.15) is 0 Å². The molecule has 3 heteroatoms. The van der Waals surface area contributed by atoms with E-state index >= 15 is 0 Å². The van der Waals surface area contributed by atoms with Gasteiger partial charge in [-0.1, -0.05) is 21.9 Å². The second-order valence-corrected chi connectivity index (χ2v) is 5.70. The standard InChI is InChI=1S/C14H18BrNO/c1-5-8-17-12-6-7-13(15)11(9-12)10-16-14(2,3)4/h1,6-7,9,16H,8,10H2,2-4H3. The number of hydrogen-bond donors (Lipinski definition) is 1. The largest absolute Gasteiger partial charge is 0.481 e. The van der Waals surface area contributed by atoms with Gasteiger partial charge in [0, 0.05) is 16.6 Å². The Morgan fingerprint density at radius 1 is 1.41 bits per heavy atom. The summed E-state index contributed by atoms with van der Waals surface area (Å²) < 4.78 is 6.47. The molecule has 0 aromatic heterocycles. The second kappa shape index (κ2) is 6.09. The zero-order valence-electron chi connectivity index (χ0n) is 10.5. The molecule has 0 spiro atoms. The van der Waals surface area contributed by atoms with Crippen LogP contribution in [0.3, 0.4) is 0 Å². The van der Waals surface area contributed by atoms with E-state index in [9.17, 15) is 0 Å². The lowest BCUT2D eigenvalue weighted by molar-refractivity contribution is 0.369. The molecule has 0 fully saturated rings. The number of nitrogens with one attached hydrogen (secondary N) is 1. The van der Waals surface area contributed by atoms with Crippen molar-refractivity contribution in [1.29, 1.82) is 0 Å². The molecule has 0 heterocycles. The van der Waals surface area contributed by atoms with Crippen LogP contribution in [0.4, 0.5) is 0 Å². The molecular formula is C14H18BrNO. The summed E-state index contributed by atoms with van der Waals surface area (Å²) in [5, 5.41) is 3.44. The molecular weight excluding hydrogens is 278 g/mol. The highest BCUT2D eigenvalue weighted by atomic mass is 79.9. The van der Waals surface area contributed by atoms with Crippen LogP contribution in [0, 0.1) is 12.3 Å². The lowest BCUT2D eigenvalue weighted by atomic mass is 10.1. The van der Waals surface area contributed by atoms with Crippen LogP contribution in [0.25, 0.3) is 0 Å². The van der Waals surface area contributed by atoms with Crippen molar-refractivity contribution in [3.63, 3.8) is 0 Å². The van der Waals surface area contributed by atoms with Gasteiger partial charge in [-0.25, -0.2) is 0 Å². The van der Waals surface area contributed by atoms with E-state index in [1.165, 1.54) is 0 Å². The molecule has 0 radical (unpaired) electrons. The van der Waals surface area contributed by atoms with Crippen molar-refractivity contribution in [2.75, 3.05) is 6.61 Å². The van der Waals surface area contributed by atoms with Gasteiger partial charge >= 0.3 is 0 Å². The molecule has 0 saturated heterocycles. The first kappa shape index (κ1) is 14.1. The maximum atomic E-state index is 5.40. The van der Waals surface area contributed by atoms with E-state index in [0.717, 1.165) is 22.3 Å². The van der Waals surface area contributed by atoms with Gasteiger partial charge < -0.3 is 10.1 Å². The van der Waals surface area contributed by atoms with Gasteiger partial charge in [-0.05, 0) is 44.5 Å². The van der Waals surface area contributed by atoms with Crippen molar-refractivity contribution < 1.29 is 4.74 Å². The number of hydrogen-bond acceptors (Lipinski definition) is 2. The zero-order chi connectivity index (χ0) is 12.9. The molecule has 0 aliphatic heterocycles. The zero-order valence-corrected chi connectivity index (χ0v) is 12.1. The predicted octanol–water partition coefficient (Wildman–Crippen LogP) is 3.35. The minimum Gasteiger partial charge on any atom is -0.481 e. The van der Waals surface area contributed by atoms with Crippen molar-refractivity contribution in [2.24, 2.45) is 0 Å². The van der Waals surface area contributed by atoms with E-state index < -0.39 is 0 Å². The van der Waals surface area contributed by atoms with Crippen LogP contribution in [0.2, 0.25) is 0 Å². The summed E-state index contributed by atoms with van der Waals surface area (Å²) >= 11 is 3.53. The van der Waals surface area contributed by atoms with E-state index in [2.05, 4.69) is 47.9 Å². The summed E-state index contributed by atoms with van der Waals surface area (Å²) in [4.78, 5) is 0. The van der Waals surface area contributed by atoms with Crippen LogP contribution in [0.15, 0.2) is 22.7 Å². The Morgan fingerprint density at radius 3 is 2.71 bits per heavy atom. The normalized spacial score (nSPS) is 11.0. The van der Waals surface area contributed by atoms with Crippen molar-refractivity contribution in [3.05, 3.63) is 28.2 Å². The fourth-order valence-electron chi connectivity index (χ4n) is 1.26. The van der Waals surface area contributed by atoms with Crippen molar-refractivity contribution in [2.45, 2.75) is 32.9 Å². The maximum Gasteiger partial charge on any atom is 0.148 e. The van der Waals surface area contributed by atoms with Crippen molar-refractivity contribution in [1.82, 2.24) is 5.32 Å². The molecule has 1 aromatic rings. The van der Waals surface area contributed by atoms with E-state index in [1.807, 2.05) is 18.2 Å². The number of rotatable bonds is 4. The van der Waals surface area contributed by atoms with E-state index in [0.29, 0.717) is 6.61 Å². The summed E-state index contributed by atoms with van der Waals surface area (Å²) in [7, 11) is 0. The third kappa shape index (κ3) is 5.25. The maximum absolute atomic E-state index is 5.40. The van der Waals surface area contributed by atoms with Crippen LogP contribution in [-0.4, -0.2) is 12.1 Å². The van der Waals surface area contributed by atoms with Gasteiger partial charge in [0.2, 0.25) is 0 Å². The van der Waals surface area contributed by atoms with Crippen LogP contribution in [-0.2, 0) is 6.54 Å². The molecule has 1 rings (SSSR count). The Morgan fingerprint density at radius 2 is 2.12 bits per heavy atom. The van der Waals surface area contributed by atoms with Gasteiger partial charge in [0.25, 0.3) is 0 Å². The minimum absolute atomic E-state index is 0.0924. The SMILES string of the molecule is C#CCOc1ccc(Br)c(CNC(C)(C)C)c1. The van der Waals surface area contributed by atoms with Crippen LogP contribution < -0.4 is 10.1 Å². The highest BCUT2D eigenvalue weighted by Crippen LogP contribution is 2.23. The Balaban J connectivity index is 2.73. The molecule has 0 bridgehead atoms. The van der Waals surface area contributed by atoms with Gasteiger partial charge in [-0.15, -0.1) is 6.42 Å². The molecule has 0 amide bonds. The average molecular weight is 296 g/mol. The van der Waals surface area contributed by atoms with Crippen LogP contribution >= 0.6 is 15.9 Å². The quantitative estimate of drug-likeness (QED) is 0.860. The molecule has 0 aliphatic carbocycles. The number of terminal acetylenes is 1. The van der Waals surface area contributed by atoms with Gasteiger partial charge in [0.15, 0.2) is 0 Å². The Labute approximate surface area is 112 Å². The fraction of sp³-hybridized carbons (Fsp3) is 0.429. The van der Waals surface area contributed by atoms with E-state index in [-0.39, 0.29) is 5.54 Å². The second-order valence-electron chi connectivity index (χ2n) is 4.85. The summed E-state index contributed by atoms with van der Waals surface area (Å²) in [6, 6.07) is 5.88. The Bertz CT molecular complexity index is 415.